The second-order valence-corrected chi connectivity index (χ2v) is 4.32. The molecule has 2 heterocycles. The van der Waals surface area contributed by atoms with Gasteiger partial charge in [-0.2, -0.15) is 9.36 Å². The number of carbonyl (C=O) groups is 1. The molecule has 0 aromatic carbocycles. The van der Waals surface area contributed by atoms with Gasteiger partial charge in [0.2, 0.25) is 0 Å². The van der Waals surface area contributed by atoms with Crippen LogP contribution < -0.4 is 5.69 Å². The summed E-state index contributed by atoms with van der Waals surface area (Å²) in [4.78, 5) is 22.0. The fraction of sp³-hybridized carbons (Fsp3) is 0.556. The van der Waals surface area contributed by atoms with E-state index in [0.29, 0.717) is 19.8 Å². The van der Waals surface area contributed by atoms with E-state index in [4.69, 9.17) is 9.84 Å². The summed E-state index contributed by atoms with van der Waals surface area (Å²) in [6.45, 7) is 3.55. The van der Waals surface area contributed by atoms with Gasteiger partial charge >= 0.3 is 11.7 Å². The third-order valence-electron chi connectivity index (χ3n) is 2.45. The van der Waals surface area contributed by atoms with Crippen molar-refractivity contribution in [2.24, 2.45) is 5.41 Å². The molecule has 8 nitrogen and oxygen atoms in total. The fourth-order valence-corrected chi connectivity index (χ4v) is 1.52. The van der Waals surface area contributed by atoms with E-state index >= 15 is 0 Å². The Labute approximate surface area is 96.1 Å². The molecule has 8 heteroatoms. The van der Waals surface area contributed by atoms with Crippen LogP contribution in [0.2, 0.25) is 0 Å². The lowest BCUT2D eigenvalue weighted by Crippen LogP contribution is -2.45. The molecular weight excluding hydrogens is 228 g/mol. The molecule has 1 aromatic heterocycles. The highest BCUT2D eigenvalue weighted by Crippen LogP contribution is 2.27. The highest BCUT2D eigenvalue weighted by atomic mass is 16.5. The standard InChI is InChI=1S/C9H12N4O4/c1-9(5-17-6-9)4-13-8(16)12(10-11-13)3-2-7(14)15/h2-3H,4-6H2,1H3,(H,14,15). The minimum Gasteiger partial charge on any atom is -0.478 e. The van der Waals surface area contributed by atoms with Crippen LogP contribution in [0.3, 0.4) is 0 Å². The molecule has 0 aliphatic carbocycles. The molecule has 1 aliphatic rings. The molecule has 0 bridgehead atoms. The number of nitrogens with zero attached hydrogens (tertiary/aromatic N) is 4. The molecular formula is C9H12N4O4. The quantitative estimate of drug-likeness (QED) is 0.680. The van der Waals surface area contributed by atoms with Crippen molar-refractivity contribution < 1.29 is 14.6 Å². The molecule has 1 fully saturated rings. The molecule has 1 aromatic rings. The Balaban J connectivity index is 2.15. The zero-order chi connectivity index (χ0) is 12.5. The summed E-state index contributed by atoms with van der Waals surface area (Å²) in [5.74, 6) is -1.15. The third-order valence-corrected chi connectivity index (χ3v) is 2.45. The first-order chi connectivity index (χ1) is 8.00. The maximum atomic E-state index is 11.7. The number of tetrazole rings is 1. The summed E-state index contributed by atoms with van der Waals surface area (Å²) in [7, 11) is 0. The van der Waals surface area contributed by atoms with Crippen molar-refractivity contribution in [3.63, 3.8) is 0 Å². The average Bonchev–Trinajstić information content (AvgIpc) is 2.55. The third kappa shape index (κ3) is 2.41. The van der Waals surface area contributed by atoms with Gasteiger partial charge in [0.05, 0.1) is 19.8 Å². The van der Waals surface area contributed by atoms with Gasteiger partial charge in [0.25, 0.3) is 0 Å². The van der Waals surface area contributed by atoms with Gasteiger partial charge in [-0.15, -0.1) is 0 Å². The van der Waals surface area contributed by atoms with Crippen LogP contribution in [0.1, 0.15) is 6.92 Å². The van der Waals surface area contributed by atoms with E-state index in [9.17, 15) is 9.59 Å². The number of rotatable bonds is 4. The van der Waals surface area contributed by atoms with Gasteiger partial charge in [0, 0.05) is 17.7 Å². The van der Waals surface area contributed by atoms with Crippen LogP contribution in [0, 0.1) is 5.41 Å². The van der Waals surface area contributed by atoms with Gasteiger partial charge in [-0.3, -0.25) is 0 Å². The molecule has 1 N–H and O–H groups in total. The summed E-state index contributed by atoms with van der Waals surface area (Å²) in [5.41, 5.74) is -0.558. The highest BCUT2D eigenvalue weighted by molar-refractivity contribution is 5.82. The Bertz CT molecular complexity index is 511. The van der Waals surface area contributed by atoms with Crippen molar-refractivity contribution in [3.8, 4) is 0 Å². The minimum absolute atomic E-state index is 0.0960. The van der Waals surface area contributed by atoms with Gasteiger partial charge in [0.15, 0.2) is 0 Å². The van der Waals surface area contributed by atoms with Crippen LogP contribution in [0.15, 0.2) is 10.9 Å². The molecule has 0 spiro atoms. The van der Waals surface area contributed by atoms with Gasteiger partial charge in [-0.1, -0.05) is 6.92 Å². The van der Waals surface area contributed by atoms with Gasteiger partial charge in [0.1, 0.15) is 0 Å². The Morgan fingerprint density at radius 1 is 1.59 bits per heavy atom. The lowest BCUT2D eigenvalue weighted by atomic mass is 9.89. The van der Waals surface area contributed by atoms with Gasteiger partial charge in [-0.05, 0) is 10.4 Å². The molecule has 0 amide bonds. The first-order valence-corrected chi connectivity index (χ1v) is 5.01. The lowest BCUT2D eigenvalue weighted by molar-refractivity contribution is -0.131. The number of ether oxygens (including phenoxy) is 1. The van der Waals surface area contributed by atoms with Crippen molar-refractivity contribution in [3.05, 3.63) is 16.6 Å². The molecule has 0 saturated carbocycles. The molecule has 1 aliphatic heterocycles. The predicted molar refractivity (Wildman–Crippen MR) is 56.2 cm³/mol. The second-order valence-electron chi connectivity index (χ2n) is 4.32. The van der Waals surface area contributed by atoms with Gasteiger partial charge in [-0.25, -0.2) is 9.59 Å². The summed E-state index contributed by atoms with van der Waals surface area (Å²) in [5, 5.41) is 15.7. The number of hydrogen-bond acceptors (Lipinski definition) is 5. The van der Waals surface area contributed by atoms with Crippen molar-refractivity contribution >= 4 is 12.2 Å². The van der Waals surface area contributed by atoms with E-state index in [1.54, 1.807) is 0 Å². The topological polar surface area (TPSA) is 99.2 Å². The van der Waals surface area contributed by atoms with E-state index in [1.807, 2.05) is 6.92 Å². The van der Waals surface area contributed by atoms with Crippen LogP contribution in [-0.2, 0) is 16.1 Å². The van der Waals surface area contributed by atoms with Crippen LogP contribution in [0.5, 0.6) is 0 Å². The Kier molecular flexibility index (Phi) is 2.80. The average molecular weight is 240 g/mol. The highest BCUT2D eigenvalue weighted by Gasteiger charge is 2.34. The SMILES string of the molecule is CC1(Cn2nnn(C=CC(=O)O)c2=O)COC1. The van der Waals surface area contributed by atoms with E-state index in [0.717, 1.165) is 17.0 Å². The van der Waals surface area contributed by atoms with Crippen molar-refractivity contribution in [1.29, 1.82) is 0 Å². The van der Waals surface area contributed by atoms with E-state index in [-0.39, 0.29) is 5.41 Å². The van der Waals surface area contributed by atoms with Crippen LogP contribution in [0.4, 0.5) is 0 Å². The number of carboxylic acids is 1. The molecule has 0 atom stereocenters. The summed E-state index contributed by atoms with van der Waals surface area (Å²) >= 11 is 0. The summed E-state index contributed by atoms with van der Waals surface area (Å²) in [6.07, 6.45) is 1.89. The van der Waals surface area contributed by atoms with Crippen LogP contribution >= 0.6 is 0 Å². The zero-order valence-corrected chi connectivity index (χ0v) is 9.24. The smallest absolute Gasteiger partial charge is 0.367 e. The van der Waals surface area contributed by atoms with Gasteiger partial charge < -0.3 is 9.84 Å². The zero-order valence-electron chi connectivity index (χ0n) is 9.24. The first-order valence-electron chi connectivity index (χ1n) is 5.01. The van der Waals surface area contributed by atoms with Crippen LogP contribution in [-0.4, -0.2) is 44.1 Å². The summed E-state index contributed by atoms with van der Waals surface area (Å²) in [6, 6.07) is 0. The van der Waals surface area contributed by atoms with Crippen molar-refractivity contribution in [1.82, 2.24) is 19.8 Å². The number of aromatic nitrogens is 4. The summed E-state index contributed by atoms with van der Waals surface area (Å²) < 4.78 is 7.16. The maximum Gasteiger partial charge on any atom is 0.367 e. The predicted octanol–water partition coefficient (Wildman–Crippen LogP) is -0.968. The maximum absolute atomic E-state index is 11.7. The van der Waals surface area contributed by atoms with Crippen LogP contribution in [0.25, 0.3) is 6.20 Å². The second kappa shape index (κ2) is 4.13. The molecule has 17 heavy (non-hydrogen) atoms. The van der Waals surface area contributed by atoms with Crippen molar-refractivity contribution in [2.45, 2.75) is 13.5 Å². The molecule has 2 rings (SSSR count). The number of hydrogen-bond donors (Lipinski definition) is 1. The molecule has 1 saturated heterocycles. The van der Waals surface area contributed by atoms with Crippen molar-refractivity contribution in [2.75, 3.05) is 13.2 Å². The first kappa shape index (κ1) is 11.5. The monoisotopic (exact) mass is 240 g/mol. The number of carboxylic acid groups (broad SMARTS) is 1. The Hall–Kier alpha value is -1.96. The minimum atomic E-state index is -1.15. The fourth-order valence-electron chi connectivity index (χ4n) is 1.52. The van der Waals surface area contributed by atoms with E-state index in [1.165, 1.54) is 4.68 Å². The van der Waals surface area contributed by atoms with E-state index in [2.05, 4.69) is 10.4 Å². The van der Waals surface area contributed by atoms with E-state index < -0.39 is 11.7 Å². The normalized spacial score (nSPS) is 18.2. The Morgan fingerprint density at radius 2 is 2.29 bits per heavy atom. The lowest BCUT2D eigenvalue weighted by Gasteiger charge is -2.37. The molecule has 0 radical (unpaired) electrons. The number of aliphatic carboxylic acids is 1. The molecule has 0 unspecified atom stereocenters. The largest absolute Gasteiger partial charge is 0.478 e. The molecule has 92 valence electrons. The Morgan fingerprint density at radius 3 is 2.82 bits per heavy atom.